The van der Waals surface area contributed by atoms with Crippen LogP contribution in [0.2, 0.25) is 0 Å². The highest BCUT2D eigenvalue weighted by Gasteiger charge is 2.33. The van der Waals surface area contributed by atoms with E-state index in [1.54, 1.807) is 11.8 Å². The number of carbonyl (C=O) groups excluding carboxylic acids is 3. The van der Waals surface area contributed by atoms with Gasteiger partial charge in [-0.05, 0) is 67.9 Å². The Morgan fingerprint density at radius 2 is 2.11 bits per heavy atom. The number of likely N-dealkylation sites (tertiary alicyclic amines) is 1. The largest absolute Gasteiger partial charge is 0.493 e. The molecular weight excluding hydrogens is 484 g/mol. The third-order valence-corrected chi connectivity index (χ3v) is 7.58. The lowest BCUT2D eigenvalue weighted by molar-refractivity contribution is -0.144. The van der Waals surface area contributed by atoms with E-state index in [4.69, 9.17) is 14.5 Å². The first kappa shape index (κ1) is 26.0. The van der Waals surface area contributed by atoms with E-state index in [-0.39, 0.29) is 43.3 Å². The van der Waals surface area contributed by atoms with E-state index >= 15 is 0 Å². The van der Waals surface area contributed by atoms with Gasteiger partial charge in [0, 0.05) is 31.1 Å². The van der Waals surface area contributed by atoms with Crippen molar-refractivity contribution in [1.82, 2.24) is 15.2 Å². The number of ether oxygens (including phenoxy) is 2. The molecule has 1 aromatic heterocycles. The van der Waals surface area contributed by atoms with Crippen molar-refractivity contribution < 1.29 is 23.9 Å². The number of rotatable bonds is 10. The zero-order valence-corrected chi connectivity index (χ0v) is 22.0. The molecule has 3 aliphatic heterocycles. The first-order valence-electron chi connectivity index (χ1n) is 13.7. The minimum atomic E-state index is -0.562. The van der Waals surface area contributed by atoms with Crippen LogP contribution in [0.4, 0.5) is 5.82 Å². The highest BCUT2D eigenvalue weighted by atomic mass is 16.5. The lowest BCUT2D eigenvalue weighted by Gasteiger charge is -2.22. The first-order chi connectivity index (χ1) is 18.5. The fourth-order valence-electron chi connectivity index (χ4n) is 5.51. The molecule has 9 heteroatoms. The van der Waals surface area contributed by atoms with Gasteiger partial charge in [-0.2, -0.15) is 0 Å². The van der Waals surface area contributed by atoms with Crippen LogP contribution in [0.3, 0.4) is 0 Å². The Balaban J connectivity index is 1.16. The lowest BCUT2D eigenvalue weighted by atomic mass is 9.99. The van der Waals surface area contributed by atoms with Gasteiger partial charge in [0.15, 0.2) is 0 Å². The minimum absolute atomic E-state index is 0.00380. The Labute approximate surface area is 223 Å². The van der Waals surface area contributed by atoms with Crippen LogP contribution in [0.25, 0.3) is 0 Å². The Hall–Kier alpha value is -3.62. The van der Waals surface area contributed by atoms with Crippen molar-refractivity contribution in [3.05, 3.63) is 52.7 Å². The monoisotopic (exact) mass is 520 g/mol. The smallest absolute Gasteiger partial charge is 0.308 e. The van der Waals surface area contributed by atoms with Crippen molar-refractivity contribution in [2.24, 2.45) is 5.92 Å². The number of aryl methyl sites for hydroxylation is 2. The van der Waals surface area contributed by atoms with Crippen LogP contribution in [-0.4, -0.2) is 60.5 Å². The molecule has 202 valence electrons. The Morgan fingerprint density at radius 3 is 2.97 bits per heavy atom. The number of amides is 2. The predicted molar refractivity (Wildman–Crippen MR) is 142 cm³/mol. The molecule has 2 aromatic rings. The summed E-state index contributed by atoms with van der Waals surface area (Å²) in [6.07, 6.45) is 5.20. The Kier molecular flexibility index (Phi) is 8.10. The van der Waals surface area contributed by atoms with E-state index in [0.29, 0.717) is 19.6 Å². The van der Waals surface area contributed by atoms with Crippen molar-refractivity contribution in [2.45, 2.75) is 57.9 Å². The van der Waals surface area contributed by atoms with Crippen LogP contribution >= 0.6 is 0 Å². The molecule has 38 heavy (non-hydrogen) atoms. The van der Waals surface area contributed by atoms with Crippen molar-refractivity contribution >= 4 is 23.6 Å². The lowest BCUT2D eigenvalue weighted by Crippen LogP contribution is -2.40. The third-order valence-electron chi connectivity index (χ3n) is 7.58. The van der Waals surface area contributed by atoms with E-state index in [1.165, 1.54) is 5.56 Å². The second-order valence-corrected chi connectivity index (χ2v) is 10.2. The maximum absolute atomic E-state index is 13.1. The molecule has 0 aliphatic carbocycles. The molecule has 0 bridgehead atoms. The van der Waals surface area contributed by atoms with Gasteiger partial charge in [0.05, 0.1) is 32.2 Å². The van der Waals surface area contributed by atoms with Gasteiger partial charge in [-0.25, -0.2) is 4.98 Å². The predicted octanol–water partition coefficient (Wildman–Crippen LogP) is 2.97. The average molecular weight is 521 g/mol. The summed E-state index contributed by atoms with van der Waals surface area (Å²) < 4.78 is 10.8. The molecule has 0 spiro atoms. The standard InChI is InChI=1S/C29H36N4O5/c1-2-37-27(35)17-24(22-6-5-19-12-15-38-25(19)16-22)32-26(34)18-33-14-11-21(29(33)36)8-10-23-9-7-20-4-3-13-30-28(20)31-23/h5-7,9,16,21,24H,2-4,8,10-15,17-18H2,1H3,(H,30,31)(H,32,34). The topological polar surface area (TPSA) is 110 Å². The van der Waals surface area contributed by atoms with Gasteiger partial charge in [0.25, 0.3) is 0 Å². The summed E-state index contributed by atoms with van der Waals surface area (Å²) in [7, 11) is 0. The normalized spacial score (nSPS) is 18.7. The molecular formula is C29H36N4O5. The van der Waals surface area contributed by atoms with Crippen LogP contribution in [0, 0.1) is 5.92 Å². The molecule has 2 atom stereocenters. The average Bonchev–Trinajstić information content (AvgIpc) is 3.53. The maximum Gasteiger partial charge on any atom is 0.308 e. The zero-order chi connectivity index (χ0) is 26.5. The van der Waals surface area contributed by atoms with Crippen LogP contribution in [0.5, 0.6) is 5.75 Å². The molecule has 1 aromatic carbocycles. The molecule has 3 aliphatic rings. The summed E-state index contributed by atoms with van der Waals surface area (Å²) in [6.45, 7) is 4.12. The molecule has 2 amide bonds. The summed E-state index contributed by atoms with van der Waals surface area (Å²) in [5, 5.41) is 6.32. The number of esters is 1. The second-order valence-electron chi connectivity index (χ2n) is 10.2. The molecule has 1 fully saturated rings. The van der Waals surface area contributed by atoms with Gasteiger partial charge >= 0.3 is 5.97 Å². The van der Waals surface area contributed by atoms with E-state index in [1.807, 2.05) is 18.2 Å². The number of anilines is 1. The van der Waals surface area contributed by atoms with Crippen LogP contribution in [0.1, 0.15) is 61.0 Å². The fraction of sp³-hybridized carbons (Fsp3) is 0.517. The van der Waals surface area contributed by atoms with Gasteiger partial charge < -0.3 is 25.0 Å². The number of hydrogen-bond donors (Lipinski definition) is 2. The van der Waals surface area contributed by atoms with Gasteiger partial charge in [0.1, 0.15) is 11.6 Å². The number of benzene rings is 1. The van der Waals surface area contributed by atoms with Gasteiger partial charge in [-0.1, -0.05) is 18.2 Å². The minimum Gasteiger partial charge on any atom is -0.493 e. The molecule has 0 radical (unpaired) electrons. The second kappa shape index (κ2) is 11.8. The van der Waals surface area contributed by atoms with Crippen LogP contribution in [-0.2, 0) is 38.4 Å². The molecule has 1 saturated heterocycles. The number of hydrogen-bond acceptors (Lipinski definition) is 7. The molecule has 5 rings (SSSR count). The summed E-state index contributed by atoms with van der Waals surface area (Å²) in [4.78, 5) is 44.7. The molecule has 2 unspecified atom stereocenters. The molecule has 4 heterocycles. The number of aromatic nitrogens is 1. The molecule has 2 N–H and O–H groups in total. The van der Waals surface area contributed by atoms with Crippen molar-refractivity contribution in [1.29, 1.82) is 0 Å². The zero-order valence-electron chi connectivity index (χ0n) is 22.0. The van der Waals surface area contributed by atoms with E-state index < -0.39 is 6.04 Å². The van der Waals surface area contributed by atoms with Crippen LogP contribution < -0.4 is 15.4 Å². The van der Waals surface area contributed by atoms with Crippen molar-refractivity contribution in [2.75, 3.05) is 38.2 Å². The number of nitrogens with zero attached hydrogens (tertiary/aromatic N) is 2. The Bertz CT molecular complexity index is 1200. The quantitative estimate of drug-likeness (QED) is 0.464. The molecule has 9 nitrogen and oxygen atoms in total. The number of fused-ring (bicyclic) bond motifs is 2. The molecule has 0 saturated carbocycles. The third kappa shape index (κ3) is 6.09. The summed E-state index contributed by atoms with van der Waals surface area (Å²) in [5.74, 6) is 0.964. The summed E-state index contributed by atoms with van der Waals surface area (Å²) in [6, 6.07) is 9.41. The van der Waals surface area contributed by atoms with Gasteiger partial charge in [-0.15, -0.1) is 0 Å². The highest BCUT2D eigenvalue weighted by molar-refractivity contribution is 5.87. The summed E-state index contributed by atoms with van der Waals surface area (Å²) >= 11 is 0. The van der Waals surface area contributed by atoms with Crippen molar-refractivity contribution in [3.8, 4) is 5.75 Å². The van der Waals surface area contributed by atoms with E-state index in [2.05, 4.69) is 22.8 Å². The maximum atomic E-state index is 13.1. The number of pyridine rings is 1. The van der Waals surface area contributed by atoms with Crippen LogP contribution in [0.15, 0.2) is 30.3 Å². The van der Waals surface area contributed by atoms with E-state index in [0.717, 1.165) is 67.0 Å². The Morgan fingerprint density at radius 1 is 1.24 bits per heavy atom. The fourth-order valence-corrected chi connectivity index (χ4v) is 5.51. The number of nitrogens with one attached hydrogen (secondary N) is 2. The van der Waals surface area contributed by atoms with E-state index in [9.17, 15) is 14.4 Å². The van der Waals surface area contributed by atoms with Crippen molar-refractivity contribution in [3.63, 3.8) is 0 Å². The first-order valence-corrected chi connectivity index (χ1v) is 13.7. The number of carbonyl (C=O) groups is 3. The van der Waals surface area contributed by atoms with Gasteiger partial charge in [0.2, 0.25) is 11.8 Å². The SMILES string of the molecule is CCOC(=O)CC(NC(=O)CN1CCC(CCc2ccc3c(n2)NCCC3)C1=O)c1ccc2c(c1)OCC2. The summed E-state index contributed by atoms with van der Waals surface area (Å²) in [5.41, 5.74) is 4.14. The van der Waals surface area contributed by atoms with Gasteiger partial charge in [-0.3, -0.25) is 14.4 Å². The highest BCUT2D eigenvalue weighted by Crippen LogP contribution is 2.30.